The normalized spacial score (nSPS) is 12.1. The van der Waals surface area contributed by atoms with Crippen molar-refractivity contribution in [1.29, 1.82) is 0 Å². The smallest absolute Gasteiger partial charge is 0.338 e. The van der Waals surface area contributed by atoms with Crippen molar-refractivity contribution in [2.24, 2.45) is 5.92 Å². The zero-order chi connectivity index (χ0) is 15.3. The van der Waals surface area contributed by atoms with Crippen molar-refractivity contribution in [1.82, 2.24) is 5.32 Å². The summed E-state index contributed by atoms with van der Waals surface area (Å²) < 4.78 is 0. The largest absolute Gasteiger partial charge is 0.478 e. The molecule has 20 heavy (non-hydrogen) atoms. The van der Waals surface area contributed by atoms with E-state index >= 15 is 0 Å². The average Bonchev–Trinajstić information content (AvgIpc) is 2.35. The summed E-state index contributed by atoms with van der Waals surface area (Å²) >= 11 is 0. The zero-order valence-electron chi connectivity index (χ0n) is 12.4. The lowest BCUT2D eigenvalue weighted by atomic mass is 10.0. The molecule has 5 nitrogen and oxygen atoms in total. The Bertz CT molecular complexity index is 498. The Kier molecular flexibility index (Phi) is 5.55. The lowest BCUT2D eigenvalue weighted by Gasteiger charge is -2.21. The van der Waals surface area contributed by atoms with Crippen LogP contribution in [0.25, 0.3) is 0 Å². The lowest BCUT2D eigenvalue weighted by Crippen LogP contribution is -2.40. The highest BCUT2D eigenvalue weighted by molar-refractivity contribution is 6.01. The van der Waals surface area contributed by atoms with Crippen LogP contribution in [0.2, 0.25) is 0 Å². The van der Waals surface area contributed by atoms with Crippen molar-refractivity contribution in [3.05, 3.63) is 29.3 Å². The predicted molar refractivity (Wildman–Crippen MR) is 79.2 cm³/mol. The van der Waals surface area contributed by atoms with Gasteiger partial charge in [-0.25, -0.2) is 9.59 Å². The Morgan fingerprint density at radius 2 is 1.95 bits per heavy atom. The molecule has 2 amide bonds. The van der Waals surface area contributed by atoms with Crippen molar-refractivity contribution < 1.29 is 14.7 Å². The van der Waals surface area contributed by atoms with Crippen LogP contribution < -0.4 is 10.6 Å². The minimum atomic E-state index is -1.05. The predicted octanol–water partition coefficient (Wildman–Crippen LogP) is 3.25. The number of carbonyl (C=O) groups excluding carboxylic acids is 1. The second kappa shape index (κ2) is 6.93. The van der Waals surface area contributed by atoms with Gasteiger partial charge in [-0.2, -0.15) is 0 Å². The summed E-state index contributed by atoms with van der Waals surface area (Å²) in [7, 11) is 0. The van der Waals surface area contributed by atoms with Crippen LogP contribution in [0.3, 0.4) is 0 Å². The average molecular weight is 278 g/mol. The number of aromatic carboxylic acids is 1. The van der Waals surface area contributed by atoms with E-state index in [9.17, 15) is 14.7 Å². The van der Waals surface area contributed by atoms with Gasteiger partial charge in [0.25, 0.3) is 0 Å². The SMILES string of the molecule is CCC(NC(=O)Nc1cccc(C)c1C(=O)O)C(C)C. The van der Waals surface area contributed by atoms with Crippen LogP contribution in [0.1, 0.15) is 43.1 Å². The molecule has 0 aliphatic rings. The molecular formula is C15H22N2O3. The number of urea groups is 1. The lowest BCUT2D eigenvalue weighted by molar-refractivity contribution is 0.0697. The highest BCUT2D eigenvalue weighted by Crippen LogP contribution is 2.19. The Morgan fingerprint density at radius 1 is 1.30 bits per heavy atom. The summed E-state index contributed by atoms with van der Waals surface area (Å²) in [4.78, 5) is 23.2. The van der Waals surface area contributed by atoms with Crippen molar-refractivity contribution >= 4 is 17.7 Å². The van der Waals surface area contributed by atoms with Gasteiger partial charge >= 0.3 is 12.0 Å². The molecule has 0 saturated carbocycles. The van der Waals surface area contributed by atoms with Crippen LogP contribution in [0.5, 0.6) is 0 Å². The van der Waals surface area contributed by atoms with Crippen molar-refractivity contribution in [2.45, 2.75) is 40.2 Å². The number of amides is 2. The summed E-state index contributed by atoms with van der Waals surface area (Å²) in [5.74, 6) is -0.725. The number of rotatable bonds is 5. The van der Waals surface area contributed by atoms with Gasteiger partial charge in [0, 0.05) is 6.04 Å². The maximum atomic E-state index is 12.0. The molecular weight excluding hydrogens is 256 g/mol. The third kappa shape index (κ3) is 3.98. The molecule has 1 unspecified atom stereocenters. The summed E-state index contributed by atoms with van der Waals surface area (Å²) in [6, 6.07) is 4.70. The first-order valence-electron chi connectivity index (χ1n) is 6.77. The number of anilines is 1. The second-order valence-corrected chi connectivity index (χ2v) is 5.16. The van der Waals surface area contributed by atoms with E-state index < -0.39 is 5.97 Å². The number of benzene rings is 1. The van der Waals surface area contributed by atoms with Crippen molar-refractivity contribution in [2.75, 3.05) is 5.32 Å². The van der Waals surface area contributed by atoms with Crippen LogP contribution in [0.4, 0.5) is 10.5 Å². The number of carboxylic acids is 1. The molecule has 3 N–H and O–H groups in total. The van der Waals surface area contributed by atoms with Crippen LogP contribution in [-0.2, 0) is 0 Å². The Labute approximate surface area is 119 Å². The first-order valence-corrected chi connectivity index (χ1v) is 6.77. The Morgan fingerprint density at radius 3 is 2.45 bits per heavy atom. The number of carbonyl (C=O) groups is 2. The maximum absolute atomic E-state index is 12.0. The zero-order valence-corrected chi connectivity index (χ0v) is 12.4. The molecule has 1 aromatic rings. The quantitative estimate of drug-likeness (QED) is 0.773. The molecule has 5 heteroatoms. The Hall–Kier alpha value is -2.04. The summed E-state index contributed by atoms with van der Waals surface area (Å²) in [5.41, 5.74) is 1.06. The van der Waals surface area contributed by atoms with Crippen LogP contribution in [-0.4, -0.2) is 23.1 Å². The number of hydrogen-bond acceptors (Lipinski definition) is 2. The van der Waals surface area contributed by atoms with E-state index in [1.54, 1.807) is 25.1 Å². The number of aryl methyl sites for hydroxylation is 1. The molecule has 1 atom stereocenters. The fourth-order valence-corrected chi connectivity index (χ4v) is 2.12. The molecule has 0 aromatic heterocycles. The van der Waals surface area contributed by atoms with Gasteiger partial charge in [0.15, 0.2) is 0 Å². The Balaban J connectivity index is 2.86. The summed E-state index contributed by atoms with van der Waals surface area (Å²) in [5, 5.41) is 14.7. The molecule has 0 bridgehead atoms. The molecule has 0 saturated heterocycles. The van der Waals surface area contributed by atoms with Gasteiger partial charge in [0.05, 0.1) is 11.3 Å². The van der Waals surface area contributed by atoms with Gasteiger partial charge in [0.2, 0.25) is 0 Å². The van der Waals surface area contributed by atoms with Crippen LogP contribution >= 0.6 is 0 Å². The van der Waals surface area contributed by atoms with E-state index in [1.165, 1.54) is 0 Å². The van der Waals surface area contributed by atoms with Gasteiger partial charge in [-0.1, -0.05) is 32.9 Å². The standard InChI is InChI=1S/C15H22N2O3/c1-5-11(9(2)3)16-15(20)17-12-8-6-7-10(4)13(12)14(18)19/h6-9,11H,5H2,1-4H3,(H,18,19)(H2,16,17,20). The first kappa shape index (κ1) is 16.0. The van der Waals surface area contributed by atoms with E-state index in [1.807, 2.05) is 20.8 Å². The monoisotopic (exact) mass is 278 g/mol. The molecule has 1 aromatic carbocycles. The second-order valence-electron chi connectivity index (χ2n) is 5.16. The highest BCUT2D eigenvalue weighted by atomic mass is 16.4. The molecule has 0 aliphatic carbocycles. The van der Waals surface area contributed by atoms with Gasteiger partial charge < -0.3 is 15.7 Å². The number of hydrogen-bond donors (Lipinski definition) is 3. The minimum Gasteiger partial charge on any atom is -0.478 e. The van der Waals surface area contributed by atoms with Gasteiger partial charge in [-0.3, -0.25) is 0 Å². The third-order valence-electron chi connectivity index (χ3n) is 3.30. The summed E-state index contributed by atoms with van der Waals surface area (Å²) in [6.07, 6.45) is 0.824. The van der Waals surface area contributed by atoms with Crippen LogP contribution in [0.15, 0.2) is 18.2 Å². The van der Waals surface area contributed by atoms with Crippen LogP contribution in [0, 0.1) is 12.8 Å². The number of carboxylic acid groups (broad SMARTS) is 1. The van der Waals surface area contributed by atoms with E-state index in [0.717, 1.165) is 6.42 Å². The molecule has 0 radical (unpaired) electrons. The minimum absolute atomic E-state index is 0.0630. The third-order valence-corrected chi connectivity index (χ3v) is 3.30. The van der Waals surface area contributed by atoms with Gasteiger partial charge in [0.1, 0.15) is 0 Å². The molecule has 0 aliphatic heterocycles. The first-order chi connectivity index (χ1) is 9.36. The fourth-order valence-electron chi connectivity index (χ4n) is 2.12. The van der Waals surface area contributed by atoms with Gasteiger partial charge in [-0.15, -0.1) is 0 Å². The molecule has 110 valence electrons. The van der Waals surface area contributed by atoms with Crippen molar-refractivity contribution in [3.63, 3.8) is 0 Å². The van der Waals surface area contributed by atoms with Crippen molar-refractivity contribution in [3.8, 4) is 0 Å². The maximum Gasteiger partial charge on any atom is 0.338 e. The topological polar surface area (TPSA) is 78.4 Å². The highest BCUT2D eigenvalue weighted by Gasteiger charge is 2.17. The molecule has 0 spiro atoms. The van der Waals surface area contributed by atoms with E-state index in [4.69, 9.17) is 0 Å². The van der Waals surface area contributed by atoms with E-state index in [-0.39, 0.29) is 17.6 Å². The van der Waals surface area contributed by atoms with E-state index in [2.05, 4.69) is 10.6 Å². The van der Waals surface area contributed by atoms with Gasteiger partial charge in [-0.05, 0) is 30.9 Å². The molecule has 0 fully saturated rings. The number of nitrogens with one attached hydrogen (secondary N) is 2. The molecule has 0 heterocycles. The van der Waals surface area contributed by atoms with E-state index in [0.29, 0.717) is 17.2 Å². The summed E-state index contributed by atoms with van der Waals surface area (Å²) in [6.45, 7) is 7.77. The molecule has 1 rings (SSSR count). The fraction of sp³-hybridized carbons (Fsp3) is 0.467.